The number of sulfonamides is 1. The van der Waals surface area contributed by atoms with Crippen LogP contribution in [-0.4, -0.2) is 19.3 Å². The van der Waals surface area contributed by atoms with E-state index in [1.165, 1.54) is 36.0 Å². The van der Waals surface area contributed by atoms with Gasteiger partial charge in [-0.3, -0.25) is 9.59 Å². The first-order chi connectivity index (χ1) is 17.2. The van der Waals surface area contributed by atoms with E-state index in [1.807, 2.05) is 61.5 Å². The van der Waals surface area contributed by atoms with Crippen LogP contribution in [0.5, 0.6) is 0 Å². The first-order valence-electron chi connectivity index (χ1n) is 11.2. The van der Waals surface area contributed by atoms with Gasteiger partial charge in [-0.15, -0.1) is 0 Å². The maximum atomic E-state index is 13.9. The van der Waals surface area contributed by atoms with Crippen LogP contribution in [0.25, 0.3) is 0 Å². The Kier molecular flexibility index (Phi) is 6.60. The van der Waals surface area contributed by atoms with Crippen molar-refractivity contribution >= 4 is 44.7 Å². The Morgan fingerprint density at radius 3 is 2.25 bits per heavy atom. The molecular formula is C26H23N3O4S3. The summed E-state index contributed by atoms with van der Waals surface area (Å²) in [5.41, 5.74) is 3.48. The molecule has 1 aliphatic heterocycles. The lowest BCUT2D eigenvalue weighted by atomic mass is 9.79. The van der Waals surface area contributed by atoms with E-state index in [0.717, 1.165) is 37.9 Å². The Balaban J connectivity index is 1.60. The van der Waals surface area contributed by atoms with Crippen molar-refractivity contribution in [2.24, 2.45) is 11.1 Å². The van der Waals surface area contributed by atoms with Gasteiger partial charge in [-0.05, 0) is 42.3 Å². The average molecular weight is 538 g/mol. The van der Waals surface area contributed by atoms with Gasteiger partial charge >= 0.3 is 4.87 Å². The van der Waals surface area contributed by atoms with Crippen LogP contribution in [0.4, 0.5) is 5.69 Å². The number of benzene rings is 3. The summed E-state index contributed by atoms with van der Waals surface area (Å²) in [5.74, 6) is -1.12. The Morgan fingerprint density at radius 1 is 0.944 bits per heavy atom. The number of hydrogen-bond donors (Lipinski definition) is 3. The number of aromatic amines is 1. The van der Waals surface area contributed by atoms with E-state index < -0.39 is 15.9 Å². The van der Waals surface area contributed by atoms with Gasteiger partial charge in [-0.1, -0.05) is 83.3 Å². The molecule has 4 N–H and O–H groups in total. The molecule has 5 rings (SSSR count). The van der Waals surface area contributed by atoms with Gasteiger partial charge in [0, 0.05) is 21.7 Å². The minimum atomic E-state index is -3.84. The molecule has 184 valence electrons. The lowest BCUT2D eigenvalue weighted by molar-refractivity contribution is -0.120. The van der Waals surface area contributed by atoms with E-state index in [-0.39, 0.29) is 26.8 Å². The zero-order chi connectivity index (χ0) is 25.4. The van der Waals surface area contributed by atoms with E-state index in [0.29, 0.717) is 5.69 Å². The first kappa shape index (κ1) is 24.5. The van der Waals surface area contributed by atoms with Gasteiger partial charge in [0.1, 0.15) is 0 Å². The number of rotatable bonds is 5. The van der Waals surface area contributed by atoms with E-state index in [1.54, 1.807) is 0 Å². The number of nitrogens with two attached hydrogens (primary N) is 1. The lowest BCUT2D eigenvalue weighted by Gasteiger charge is -2.36. The summed E-state index contributed by atoms with van der Waals surface area (Å²) >= 11 is 2.62. The van der Waals surface area contributed by atoms with Crippen LogP contribution in [-0.2, 0) is 14.8 Å². The van der Waals surface area contributed by atoms with Crippen LogP contribution < -0.4 is 15.3 Å². The highest BCUT2D eigenvalue weighted by atomic mass is 32.2. The topological polar surface area (TPSA) is 122 Å². The Labute approximate surface area is 216 Å². The molecule has 0 spiro atoms. The molecule has 0 radical (unpaired) electrons. The molecule has 0 aliphatic carbocycles. The molecule has 0 bridgehead atoms. The molecule has 1 aromatic heterocycles. The number of carbonyl (C=O) groups excluding carboxylic acids is 1. The molecule has 10 heteroatoms. The third kappa shape index (κ3) is 4.90. The average Bonchev–Trinajstić information content (AvgIpc) is 3.23. The second-order valence-electron chi connectivity index (χ2n) is 8.63. The highest BCUT2D eigenvalue weighted by Gasteiger charge is 2.45. The van der Waals surface area contributed by atoms with Crippen molar-refractivity contribution in [2.75, 3.05) is 5.32 Å². The number of fused-ring (bicyclic) bond motifs is 1. The predicted molar refractivity (Wildman–Crippen MR) is 143 cm³/mol. The molecule has 2 heterocycles. The fraction of sp³-hybridized carbons (Fsp3) is 0.154. The smallest absolute Gasteiger partial charge is 0.305 e. The van der Waals surface area contributed by atoms with Crippen LogP contribution in [0.2, 0.25) is 0 Å². The van der Waals surface area contributed by atoms with E-state index in [9.17, 15) is 18.0 Å². The Bertz CT molecular complexity index is 1560. The summed E-state index contributed by atoms with van der Waals surface area (Å²) in [6.45, 7) is 2.00. The second kappa shape index (κ2) is 9.70. The standard InChI is InChI=1S/C26H23N3O4S3/c1-15-7-9-16(10-8-15)20-21(24(30)28-18-11-13-19(14-12-18)36(27,32)33)22(17-5-3-2-4-6-17)34-25-23(20)35-26(31)29-25/h2-14,20-22H,1H3,(H,28,30)(H,29,31)(H2,27,32,33)/t20-,21-,22+/m1/s1. The highest BCUT2D eigenvalue weighted by molar-refractivity contribution is 7.99. The zero-order valence-electron chi connectivity index (χ0n) is 19.2. The fourth-order valence-electron chi connectivity index (χ4n) is 4.45. The second-order valence-corrected chi connectivity index (χ2v) is 12.4. The van der Waals surface area contributed by atoms with Gasteiger partial charge < -0.3 is 10.3 Å². The first-order valence-corrected chi connectivity index (χ1v) is 14.4. The van der Waals surface area contributed by atoms with Crippen molar-refractivity contribution in [3.8, 4) is 0 Å². The van der Waals surface area contributed by atoms with Gasteiger partial charge in [-0.2, -0.15) is 0 Å². The molecule has 36 heavy (non-hydrogen) atoms. The minimum Gasteiger partial charge on any atom is -0.326 e. The van der Waals surface area contributed by atoms with Crippen LogP contribution >= 0.6 is 23.1 Å². The zero-order valence-corrected chi connectivity index (χ0v) is 21.6. The van der Waals surface area contributed by atoms with Gasteiger partial charge in [0.05, 0.1) is 15.8 Å². The number of primary sulfonamides is 1. The fourth-order valence-corrected chi connectivity index (χ4v) is 7.57. The van der Waals surface area contributed by atoms with Crippen LogP contribution in [0.15, 0.2) is 93.6 Å². The number of aromatic nitrogens is 1. The van der Waals surface area contributed by atoms with E-state index >= 15 is 0 Å². The third-order valence-corrected chi connectivity index (χ3v) is 9.57. The lowest BCUT2D eigenvalue weighted by Crippen LogP contribution is -2.34. The SMILES string of the molecule is Cc1ccc([C@H]2c3sc(=O)[nH]c3S[C@@H](c3ccccc3)[C@@H]2C(=O)Nc2ccc(S(N)(=O)=O)cc2)cc1. The number of hydrogen-bond acceptors (Lipinski definition) is 6. The summed E-state index contributed by atoms with van der Waals surface area (Å²) in [4.78, 5) is 30.0. The van der Waals surface area contributed by atoms with Crippen molar-refractivity contribution < 1.29 is 13.2 Å². The molecule has 4 aromatic rings. The van der Waals surface area contributed by atoms with Crippen molar-refractivity contribution in [2.45, 2.75) is 28.0 Å². The van der Waals surface area contributed by atoms with Gasteiger partial charge in [-0.25, -0.2) is 13.6 Å². The number of aryl methyl sites for hydroxylation is 1. The maximum absolute atomic E-state index is 13.9. The van der Waals surface area contributed by atoms with Crippen molar-refractivity contribution in [3.05, 3.63) is 110 Å². The molecule has 0 fully saturated rings. The van der Waals surface area contributed by atoms with Crippen molar-refractivity contribution in [1.82, 2.24) is 4.98 Å². The van der Waals surface area contributed by atoms with Crippen LogP contribution in [0.1, 0.15) is 32.7 Å². The summed E-state index contributed by atoms with van der Waals surface area (Å²) in [6.07, 6.45) is 0. The van der Waals surface area contributed by atoms with Gasteiger partial charge in [0.15, 0.2) is 0 Å². The van der Waals surface area contributed by atoms with Crippen LogP contribution in [0.3, 0.4) is 0 Å². The molecule has 1 aliphatic rings. The molecule has 7 nitrogen and oxygen atoms in total. The number of thiazole rings is 1. The highest BCUT2D eigenvalue weighted by Crippen LogP contribution is 2.55. The summed E-state index contributed by atoms with van der Waals surface area (Å²) in [6, 6.07) is 23.6. The molecular weight excluding hydrogens is 515 g/mol. The summed E-state index contributed by atoms with van der Waals surface area (Å²) in [5, 5.41) is 8.69. The number of amides is 1. The molecule has 3 atom stereocenters. The molecule has 0 saturated heterocycles. The van der Waals surface area contributed by atoms with E-state index in [4.69, 9.17) is 5.14 Å². The number of nitrogens with one attached hydrogen (secondary N) is 2. The number of anilines is 1. The van der Waals surface area contributed by atoms with Gasteiger partial charge in [0.2, 0.25) is 15.9 Å². The maximum Gasteiger partial charge on any atom is 0.305 e. The molecule has 1 amide bonds. The minimum absolute atomic E-state index is 0.0323. The molecule has 0 saturated carbocycles. The van der Waals surface area contributed by atoms with Gasteiger partial charge in [0.25, 0.3) is 0 Å². The van der Waals surface area contributed by atoms with E-state index in [2.05, 4.69) is 10.3 Å². The monoisotopic (exact) mass is 537 g/mol. The Hall–Kier alpha value is -3.18. The summed E-state index contributed by atoms with van der Waals surface area (Å²) < 4.78 is 23.2. The Morgan fingerprint density at radius 2 is 1.61 bits per heavy atom. The summed E-state index contributed by atoms with van der Waals surface area (Å²) in [7, 11) is -3.84. The number of carbonyl (C=O) groups is 1. The van der Waals surface area contributed by atoms with Crippen molar-refractivity contribution in [3.63, 3.8) is 0 Å². The normalized spacial score (nSPS) is 19.4. The molecule has 3 aromatic carbocycles. The number of H-pyrrole nitrogens is 1. The number of thioether (sulfide) groups is 1. The molecule has 0 unspecified atom stereocenters. The third-order valence-electron chi connectivity index (χ3n) is 6.17. The van der Waals surface area contributed by atoms with Crippen molar-refractivity contribution in [1.29, 1.82) is 0 Å². The quantitative estimate of drug-likeness (QED) is 0.343. The predicted octanol–water partition coefficient (Wildman–Crippen LogP) is 4.63. The van der Waals surface area contributed by atoms with Crippen LogP contribution in [0, 0.1) is 12.8 Å². The largest absolute Gasteiger partial charge is 0.326 e.